The number of pyridine rings is 1. The Bertz CT molecular complexity index is 978. The number of para-hydroxylation sites is 1. The first-order chi connectivity index (χ1) is 12.3. The molecule has 3 aromatic heterocycles. The molecule has 0 radical (unpaired) electrons. The maximum atomic E-state index is 12.1. The lowest BCUT2D eigenvalue weighted by Crippen LogP contribution is -2.08. The van der Waals surface area contributed by atoms with Crippen molar-refractivity contribution >= 4 is 38.9 Å². The summed E-state index contributed by atoms with van der Waals surface area (Å²) in [4.78, 5) is 25.2. The second kappa shape index (κ2) is 7.08. The van der Waals surface area contributed by atoms with Crippen molar-refractivity contribution in [3.8, 4) is 10.7 Å². The Morgan fingerprint density at radius 3 is 2.80 bits per heavy atom. The van der Waals surface area contributed by atoms with E-state index in [-0.39, 0.29) is 19.0 Å². The van der Waals surface area contributed by atoms with Gasteiger partial charge in [-0.25, -0.2) is 9.97 Å². The van der Waals surface area contributed by atoms with Crippen LogP contribution < -0.4 is 0 Å². The number of rotatable bonds is 5. The van der Waals surface area contributed by atoms with Gasteiger partial charge in [0.2, 0.25) is 0 Å². The fraction of sp³-hybridized carbons (Fsp3) is 0.111. The quantitative estimate of drug-likeness (QED) is 0.497. The average Bonchev–Trinajstić information content (AvgIpc) is 3.27. The van der Waals surface area contributed by atoms with Crippen molar-refractivity contribution in [2.45, 2.75) is 13.0 Å². The van der Waals surface area contributed by atoms with Crippen LogP contribution in [0.15, 0.2) is 54.0 Å². The summed E-state index contributed by atoms with van der Waals surface area (Å²) in [5.74, 6) is -0.308. The van der Waals surface area contributed by atoms with Crippen LogP contribution in [-0.2, 0) is 22.6 Å². The van der Waals surface area contributed by atoms with E-state index >= 15 is 0 Å². The summed E-state index contributed by atoms with van der Waals surface area (Å²) >= 11 is 3.01. The molecule has 4 aromatic rings. The second-order valence-corrected chi connectivity index (χ2v) is 7.25. The highest BCUT2D eigenvalue weighted by Crippen LogP contribution is 2.23. The highest BCUT2D eigenvalue weighted by Gasteiger charge is 2.12. The molecule has 1 aromatic carbocycles. The van der Waals surface area contributed by atoms with E-state index in [0.717, 1.165) is 25.9 Å². The Hall–Kier alpha value is -2.64. The van der Waals surface area contributed by atoms with E-state index < -0.39 is 0 Å². The van der Waals surface area contributed by atoms with Crippen LogP contribution in [0.5, 0.6) is 0 Å². The molecule has 0 aliphatic rings. The minimum atomic E-state index is -0.308. The van der Waals surface area contributed by atoms with Crippen LogP contribution in [0.3, 0.4) is 0 Å². The minimum Gasteiger partial charge on any atom is -0.458 e. The smallest absolute Gasteiger partial charge is 0.312 e. The van der Waals surface area contributed by atoms with Crippen molar-refractivity contribution in [1.29, 1.82) is 0 Å². The van der Waals surface area contributed by atoms with Crippen molar-refractivity contribution < 1.29 is 9.53 Å². The summed E-state index contributed by atoms with van der Waals surface area (Å²) in [5, 5.41) is 3.46. The normalized spacial score (nSPS) is 10.9. The molecule has 0 unspecified atom stereocenters. The molecule has 0 saturated heterocycles. The van der Waals surface area contributed by atoms with Crippen LogP contribution in [0, 0.1) is 0 Å². The Balaban J connectivity index is 1.37. The molecule has 0 spiro atoms. The second-order valence-electron chi connectivity index (χ2n) is 5.27. The van der Waals surface area contributed by atoms with Crippen molar-refractivity contribution in [2.24, 2.45) is 0 Å². The predicted molar refractivity (Wildman–Crippen MR) is 98.5 cm³/mol. The van der Waals surface area contributed by atoms with Gasteiger partial charge in [0.05, 0.1) is 28.0 Å². The molecule has 0 amide bonds. The van der Waals surface area contributed by atoms with Gasteiger partial charge in [0.25, 0.3) is 0 Å². The van der Waals surface area contributed by atoms with Gasteiger partial charge in [-0.05, 0) is 24.3 Å². The van der Waals surface area contributed by atoms with Crippen molar-refractivity contribution in [3.63, 3.8) is 0 Å². The first kappa shape index (κ1) is 15.9. The number of thiazole rings is 2. The van der Waals surface area contributed by atoms with Gasteiger partial charge < -0.3 is 4.74 Å². The fourth-order valence-electron chi connectivity index (χ4n) is 2.32. The number of hydrogen-bond acceptors (Lipinski definition) is 7. The Morgan fingerprint density at radius 1 is 1.08 bits per heavy atom. The van der Waals surface area contributed by atoms with Crippen LogP contribution >= 0.6 is 22.7 Å². The van der Waals surface area contributed by atoms with E-state index in [1.54, 1.807) is 6.20 Å². The number of esters is 1. The predicted octanol–water partition coefficient (Wildman–Crippen LogP) is 4.10. The van der Waals surface area contributed by atoms with E-state index in [0.29, 0.717) is 5.69 Å². The zero-order valence-electron chi connectivity index (χ0n) is 13.1. The first-order valence-electron chi connectivity index (χ1n) is 7.64. The summed E-state index contributed by atoms with van der Waals surface area (Å²) in [6, 6.07) is 13.5. The Labute approximate surface area is 152 Å². The SMILES string of the molecule is O=C(Cc1csc(-c2ccccn2)n1)OCc1nc2ccccc2s1. The number of aromatic nitrogens is 3. The highest BCUT2D eigenvalue weighted by atomic mass is 32.1. The molecule has 5 nitrogen and oxygen atoms in total. The van der Waals surface area contributed by atoms with Crippen molar-refractivity contribution in [1.82, 2.24) is 15.0 Å². The Morgan fingerprint density at radius 2 is 1.96 bits per heavy atom. The Kier molecular flexibility index (Phi) is 4.49. The molecule has 0 saturated carbocycles. The third kappa shape index (κ3) is 3.72. The lowest BCUT2D eigenvalue weighted by molar-refractivity contribution is -0.144. The van der Waals surface area contributed by atoms with E-state index in [1.165, 1.54) is 22.7 Å². The number of carbonyl (C=O) groups is 1. The molecule has 0 aliphatic carbocycles. The van der Waals surface area contributed by atoms with Gasteiger partial charge >= 0.3 is 5.97 Å². The highest BCUT2D eigenvalue weighted by molar-refractivity contribution is 7.18. The van der Waals surface area contributed by atoms with E-state index in [4.69, 9.17) is 4.74 Å². The zero-order chi connectivity index (χ0) is 17.1. The maximum absolute atomic E-state index is 12.1. The summed E-state index contributed by atoms with van der Waals surface area (Å²) < 4.78 is 6.43. The maximum Gasteiger partial charge on any atom is 0.312 e. The van der Waals surface area contributed by atoms with E-state index in [1.807, 2.05) is 47.8 Å². The number of benzene rings is 1. The molecular formula is C18H13N3O2S2. The van der Waals surface area contributed by atoms with Crippen molar-refractivity contribution in [3.05, 3.63) is 64.7 Å². The van der Waals surface area contributed by atoms with Crippen molar-refractivity contribution in [2.75, 3.05) is 0 Å². The topological polar surface area (TPSA) is 65.0 Å². The van der Waals surface area contributed by atoms with Gasteiger partial charge in [-0.1, -0.05) is 18.2 Å². The zero-order valence-corrected chi connectivity index (χ0v) is 14.7. The molecule has 3 heterocycles. The first-order valence-corrected chi connectivity index (χ1v) is 9.33. The molecule has 7 heteroatoms. The van der Waals surface area contributed by atoms with Gasteiger partial charge in [0.15, 0.2) is 0 Å². The molecule has 0 N–H and O–H groups in total. The van der Waals surface area contributed by atoms with Gasteiger partial charge in [0, 0.05) is 11.6 Å². The number of carbonyl (C=O) groups excluding carboxylic acids is 1. The number of fused-ring (bicyclic) bond motifs is 1. The van der Waals surface area contributed by atoms with Crippen LogP contribution in [0.25, 0.3) is 20.9 Å². The van der Waals surface area contributed by atoms with E-state index in [2.05, 4.69) is 15.0 Å². The summed E-state index contributed by atoms with van der Waals surface area (Å²) in [5.41, 5.74) is 2.43. The fourth-order valence-corrected chi connectivity index (χ4v) is 3.99. The summed E-state index contributed by atoms with van der Waals surface area (Å²) in [6.07, 6.45) is 1.87. The summed E-state index contributed by atoms with van der Waals surface area (Å²) in [7, 11) is 0. The number of nitrogens with zero attached hydrogens (tertiary/aromatic N) is 3. The number of ether oxygens (including phenoxy) is 1. The summed E-state index contributed by atoms with van der Waals surface area (Å²) in [6.45, 7) is 0.190. The minimum absolute atomic E-state index is 0.147. The molecule has 0 fully saturated rings. The largest absolute Gasteiger partial charge is 0.458 e. The third-order valence-electron chi connectivity index (χ3n) is 3.46. The molecule has 4 rings (SSSR count). The molecule has 25 heavy (non-hydrogen) atoms. The molecule has 0 aliphatic heterocycles. The average molecular weight is 367 g/mol. The molecular weight excluding hydrogens is 354 g/mol. The lowest BCUT2D eigenvalue weighted by Gasteiger charge is -2.00. The van der Waals surface area contributed by atoms with Gasteiger partial charge in [-0.15, -0.1) is 22.7 Å². The van der Waals surface area contributed by atoms with Crippen LogP contribution in [0.1, 0.15) is 10.7 Å². The van der Waals surface area contributed by atoms with Crippen LogP contribution in [0.2, 0.25) is 0 Å². The van der Waals surface area contributed by atoms with Crippen LogP contribution in [-0.4, -0.2) is 20.9 Å². The number of hydrogen-bond donors (Lipinski definition) is 0. The standard InChI is InChI=1S/C18H13N3O2S2/c22-17(23-10-16-21-13-5-1-2-7-15(13)25-16)9-12-11-24-18(20-12)14-6-3-4-8-19-14/h1-8,11H,9-10H2. The van der Waals surface area contributed by atoms with Gasteiger partial charge in [-0.3, -0.25) is 9.78 Å². The molecule has 124 valence electrons. The lowest BCUT2D eigenvalue weighted by atomic mass is 10.3. The monoisotopic (exact) mass is 367 g/mol. The van der Waals surface area contributed by atoms with Crippen LogP contribution in [0.4, 0.5) is 0 Å². The van der Waals surface area contributed by atoms with E-state index in [9.17, 15) is 4.79 Å². The molecule has 0 atom stereocenters. The third-order valence-corrected chi connectivity index (χ3v) is 5.38. The van der Waals surface area contributed by atoms with Gasteiger partial charge in [0.1, 0.15) is 16.6 Å². The van der Waals surface area contributed by atoms with Gasteiger partial charge in [-0.2, -0.15) is 0 Å². The molecule has 0 bridgehead atoms.